The Morgan fingerprint density at radius 1 is 1.24 bits per heavy atom. The summed E-state index contributed by atoms with van der Waals surface area (Å²) >= 11 is 2.06. The summed E-state index contributed by atoms with van der Waals surface area (Å²) in [5.41, 5.74) is 2.17. The maximum atomic E-state index is 4.96. The van der Waals surface area contributed by atoms with Crippen molar-refractivity contribution in [2.75, 3.05) is 31.6 Å². The van der Waals surface area contributed by atoms with E-state index in [4.69, 9.17) is 4.98 Å². The van der Waals surface area contributed by atoms with Crippen molar-refractivity contribution in [1.82, 2.24) is 19.4 Å². The first-order chi connectivity index (χ1) is 10.3. The number of likely N-dealkylation sites (tertiary alicyclic amines) is 1. The van der Waals surface area contributed by atoms with E-state index in [9.17, 15) is 0 Å². The largest absolute Gasteiger partial charge is 0.309 e. The van der Waals surface area contributed by atoms with Gasteiger partial charge >= 0.3 is 0 Å². The third-order valence-corrected chi connectivity index (χ3v) is 5.99. The third kappa shape index (κ3) is 2.46. The summed E-state index contributed by atoms with van der Waals surface area (Å²) in [6.45, 7) is 2.35. The van der Waals surface area contributed by atoms with Crippen molar-refractivity contribution in [3.63, 3.8) is 0 Å². The van der Waals surface area contributed by atoms with Gasteiger partial charge in [-0.25, -0.2) is 9.97 Å². The van der Waals surface area contributed by atoms with E-state index in [1.165, 1.54) is 49.7 Å². The van der Waals surface area contributed by atoms with Crippen LogP contribution in [-0.2, 0) is 0 Å². The minimum atomic E-state index is 0.571. The fraction of sp³-hybridized carbons (Fsp3) is 0.625. The van der Waals surface area contributed by atoms with Crippen molar-refractivity contribution in [3.05, 3.63) is 24.2 Å². The molecule has 21 heavy (non-hydrogen) atoms. The van der Waals surface area contributed by atoms with E-state index in [0.717, 1.165) is 11.2 Å². The van der Waals surface area contributed by atoms with E-state index in [1.807, 2.05) is 12.3 Å². The predicted molar refractivity (Wildman–Crippen MR) is 88.0 cm³/mol. The standard InChI is InChI=1S/C16H22N4S/c1-19-8-4-13(5-9-19)20-15(12-6-10-21-11-12)18-14-3-2-7-17-16(14)20/h2-3,7,12-13H,4-6,8-11H2,1H3. The number of imidazole rings is 1. The van der Waals surface area contributed by atoms with E-state index >= 15 is 0 Å². The van der Waals surface area contributed by atoms with Gasteiger partial charge in [0.25, 0.3) is 0 Å². The van der Waals surface area contributed by atoms with E-state index in [-0.39, 0.29) is 0 Å². The first-order valence-electron chi connectivity index (χ1n) is 7.92. The van der Waals surface area contributed by atoms with Gasteiger partial charge in [0.05, 0.1) is 0 Å². The van der Waals surface area contributed by atoms with Crippen molar-refractivity contribution in [2.45, 2.75) is 31.2 Å². The molecule has 2 aromatic heterocycles. The normalized spacial score (nSPS) is 24.9. The molecule has 1 unspecified atom stereocenters. The molecule has 2 saturated heterocycles. The van der Waals surface area contributed by atoms with E-state index in [0.29, 0.717) is 12.0 Å². The number of rotatable bonds is 2. The van der Waals surface area contributed by atoms with Crippen LogP contribution < -0.4 is 0 Å². The second-order valence-electron chi connectivity index (χ2n) is 6.28. The molecule has 0 N–H and O–H groups in total. The van der Waals surface area contributed by atoms with Crippen LogP contribution in [-0.4, -0.2) is 51.1 Å². The smallest absolute Gasteiger partial charge is 0.160 e. The predicted octanol–water partition coefficient (Wildman–Crippen LogP) is 2.92. The average Bonchev–Trinajstić information content (AvgIpc) is 3.15. The highest BCUT2D eigenvalue weighted by molar-refractivity contribution is 7.99. The van der Waals surface area contributed by atoms with E-state index in [1.54, 1.807) is 0 Å². The monoisotopic (exact) mass is 302 g/mol. The van der Waals surface area contributed by atoms with Crippen LogP contribution in [0.1, 0.15) is 37.0 Å². The molecule has 0 amide bonds. The lowest BCUT2D eigenvalue weighted by molar-refractivity contribution is 0.220. The van der Waals surface area contributed by atoms with Gasteiger partial charge in [-0.15, -0.1) is 0 Å². The number of thioether (sulfide) groups is 1. The van der Waals surface area contributed by atoms with Crippen molar-refractivity contribution >= 4 is 22.9 Å². The van der Waals surface area contributed by atoms with Gasteiger partial charge in [-0.2, -0.15) is 11.8 Å². The summed E-state index contributed by atoms with van der Waals surface area (Å²) in [5.74, 6) is 4.40. The van der Waals surface area contributed by atoms with Gasteiger partial charge in [0.2, 0.25) is 0 Å². The molecule has 4 heterocycles. The van der Waals surface area contributed by atoms with Gasteiger partial charge in [-0.3, -0.25) is 0 Å². The highest BCUT2D eigenvalue weighted by Gasteiger charge is 2.29. The van der Waals surface area contributed by atoms with Gasteiger partial charge in [-0.1, -0.05) is 0 Å². The highest BCUT2D eigenvalue weighted by Crippen LogP contribution is 2.36. The topological polar surface area (TPSA) is 34.0 Å². The first-order valence-corrected chi connectivity index (χ1v) is 9.07. The van der Waals surface area contributed by atoms with Gasteiger partial charge in [0.1, 0.15) is 11.3 Å². The zero-order valence-electron chi connectivity index (χ0n) is 12.5. The summed E-state index contributed by atoms with van der Waals surface area (Å²) in [5, 5.41) is 0. The molecule has 0 bridgehead atoms. The summed E-state index contributed by atoms with van der Waals surface area (Å²) in [7, 11) is 2.22. The number of piperidine rings is 1. The molecule has 5 heteroatoms. The average molecular weight is 302 g/mol. The molecule has 2 aliphatic rings. The molecule has 112 valence electrons. The van der Waals surface area contributed by atoms with E-state index < -0.39 is 0 Å². The van der Waals surface area contributed by atoms with Gasteiger partial charge in [0.15, 0.2) is 5.65 Å². The van der Waals surface area contributed by atoms with Crippen molar-refractivity contribution in [3.8, 4) is 0 Å². The van der Waals surface area contributed by atoms with E-state index in [2.05, 4.69) is 39.3 Å². The molecule has 0 radical (unpaired) electrons. The molecule has 0 aliphatic carbocycles. The molecule has 2 aliphatic heterocycles. The molecule has 0 spiro atoms. The Kier molecular flexibility index (Phi) is 3.63. The Balaban J connectivity index is 1.78. The second-order valence-corrected chi connectivity index (χ2v) is 7.43. The SMILES string of the molecule is CN1CCC(n2c(C3CCSC3)nc3cccnc32)CC1. The fourth-order valence-corrected chi connectivity index (χ4v) is 4.80. The number of nitrogens with zero attached hydrogens (tertiary/aromatic N) is 4. The molecular weight excluding hydrogens is 280 g/mol. The maximum Gasteiger partial charge on any atom is 0.160 e. The Morgan fingerprint density at radius 2 is 2.10 bits per heavy atom. The Bertz CT molecular complexity index is 624. The molecule has 0 saturated carbocycles. The maximum absolute atomic E-state index is 4.96. The van der Waals surface area contributed by atoms with Crippen LogP contribution in [0.25, 0.3) is 11.2 Å². The molecular formula is C16H22N4S. The Morgan fingerprint density at radius 3 is 2.86 bits per heavy atom. The summed E-state index contributed by atoms with van der Waals surface area (Å²) in [4.78, 5) is 12.0. The minimum absolute atomic E-state index is 0.571. The molecule has 1 atom stereocenters. The molecule has 4 rings (SSSR count). The summed E-state index contributed by atoms with van der Waals surface area (Å²) in [6.07, 6.45) is 5.60. The van der Waals surface area contributed by atoms with Crippen LogP contribution in [0, 0.1) is 0 Å². The number of pyridine rings is 1. The van der Waals surface area contributed by atoms with Gasteiger partial charge < -0.3 is 9.47 Å². The number of aromatic nitrogens is 3. The number of hydrogen-bond donors (Lipinski definition) is 0. The summed E-state index contributed by atoms with van der Waals surface area (Å²) < 4.78 is 2.48. The van der Waals surface area contributed by atoms with Crippen LogP contribution in [0.2, 0.25) is 0 Å². The highest BCUT2D eigenvalue weighted by atomic mass is 32.2. The van der Waals surface area contributed by atoms with Crippen LogP contribution in [0.4, 0.5) is 0 Å². The zero-order valence-corrected chi connectivity index (χ0v) is 13.4. The van der Waals surface area contributed by atoms with Crippen molar-refractivity contribution in [1.29, 1.82) is 0 Å². The Labute approximate surface area is 129 Å². The van der Waals surface area contributed by atoms with Gasteiger partial charge in [-0.05, 0) is 57.3 Å². The lowest BCUT2D eigenvalue weighted by Gasteiger charge is -2.31. The molecule has 2 fully saturated rings. The molecule has 0 aromatic carbocycles. The molecule has 4 nitrogen and oxygen atoms in total. The quantitative estimate of drug-likeness (QED) is 0.854. The Hall–Kier alpha value is -1.07. The molecule has 2 aromatic rings. The van der Waals surface area contributed by atoms with Crippen LogP contribution in [0.5, 0.6) is 0 Å². The summed E-state index contributed by atoms with van der Waals surface area (Å²) in [6, 6.07) is 4.68. The van der Waals surface area contributed by atoms with Crippen molar-refractivity contribution < 1.29 is 0 Å². The second kappa shape index (κ2) is 5.61. The third-order valence-electron chi connectivity index (χ3n) is 4.82. The minimum Gasteiger partial charge on any atom is -0.309 e. The zero-order chi connectivity index (χ0) is 14.2. The number of fused-ring (bicyclic) bond motifs is 1. The van der Waals surface area contributed by atoms with Gasteiger partial charge in [0, 0.05) is 23.9 Å². The van der Waals surface area contributed by atoms with Crippen LogP contribution in [0.15, 0.2) is 18.3 Å². The number of hydrogen-bond acceptors (Lipinski definition) is 4. The lowest BCUT2D eigenvalue weighted by atomic mass is 10.0. The van der Waals surface area contributed by atoms with Crippen LogP contribution >= 0.6 is 11.8 Å². The fourth-order valence-electron chi connectivity index (χ4n) is 3.59. The van der Waals surface area contributed by atoms with Crippen LogP contribution in [0.3, 0.4) is 0 Å². The first kappa shape index (κ1) is 13.6. The lowest BCUT2D eigenvalue weighted by Crippen LogP contribution is -2.32. The van der Waals surface area contributed by atoms with Crippen molar-refractivity contribution in [2.24, 2.45) is 0 Å².